The summed E-state index contributed by atoms with van der Waals surface area (Å²) < 4.78 is 0. The Morgan fingerprint density at radius 3 is 2.57 bits per heavy atom. The zero-order valence-corrected chi connectivity index (χ0v) is 9.34. The van der Waals surface area contributed by atoms with E-state index in [1.165, 1.54) is 0 Å². The van der Waals surface area contributed by atoms with Gasteiger partial charge in [0.25, 0.3) is 0 Å². The van der Waals surface area contributed by atoms with Crippen LogP contribution in [0.1, 0.15) is 19.5 Å². The van der Waals surface area contributed by atoms with Crippen molar-refractivity contribution in [2.75, 3.05) is 0 Å². The van der Waals surface area contributed by atoms with Crippen molar-refractivity contribution in [1.29, 1.82) is 0 Å². The van der Waals surface area contributed by atoms with E-state index >= 15 is 0 Å². The lowest BCUT2D eigenvalue weighted by atomic mass is 10.3. The third-order valence-corrected chi connectivity index (χ3v) is 1.86. The maximum absolute atomic E-state index is 5.79. The Kier molecular flexibility index (Phi) is 3.84. The highest BCUT2D eigenvalue weighted by atomic mass is 35.5. The van der Waals surface area contributed by atoms with Gasteiger partial charge in [-0.15, -0.1) is 0 Å². The molecule has 0 saturated carbocycles. The minimum atomic E-state index is 0.695. The van der Waals surface area contributed by atoms with Crippen molar-refractivity contribution < 1.29 is 0 Å². The molecule has 1 heterocycles. The Morgan fingerprint density at radius 2 is 1.86 bits per heavy atom. The second-order valence-electron chi connectivity index (χ2n) is 2.64. The summed E-state index contributed by atoms with van der Waals surface area (Å²) in [4.78, 5) is 8.49. The van der Waals surface area contributed by atoms with Crippen LogP contribution in [0.3, 0.4) is 0 Å². The van der Waals surface area contributed by atoms with Gasteiger partial charge >= 0.3 is 0 Å². The van der Waals surface area contributed by atoms with E-state index in [0.29, 0.717) is 5.02 Å². The van der Waals surface area contributed by atoms with E-state index in [1.54, 1.807) is 6.20 Å². The number of hydrogen-bond donors (Lipinski definition) is 0. The molecular formula is C11H13ClN2. The number of fused-ring (bicyclic) bond motifs is 1. The fraction of sp³-hybridized carbons (Fsp3) is 0.273. The number of rotatable bonds is 0. The van der Waals surface area contributed by atoms with Crippen LogP contribution >= 0.6 is 11.6 Å². The van der Waals surface area contributed by atoms with Crippen molar-refractivity contribution in [3.8, 4) is 0 Å². The second kappa shape index (κ2) is 4.91. The smallest absolute Gasteiger partial charge is 0.0901 e. The number of hydrogen-bond acceptors (Lipinski definition) is 2. The summed E-state index contributed by atoms with van der Waals surface area (Å²) in [6, 6.07) is 5.50. The van der Waals surface area contributed by atoms with E-state index in [2.05, 4.69) is 9.97 Å². The van der Waals surface area contributed by atoms with Crippen molar-refractivity contribution in [3.63, 3.8) is 0 Å². The monoisotopic (exact) mass is 208 g/mol. The third kappa shape index (κ3) is 2.42. The molecular weight excluding hydrogens is 196 g/mol. The first-order chi connectivity index (χ1) is 6.75. The van der Waals surface area contributed by atoms with Crippen LogP contribution in [0.15, 0.2) is 24.4 Å². The first-order valence-electron chi connectivity index (χ1n) is 4.64. The van der Waals surface area contributed by atoms with Crippen LogP contribution in [-0.2, 0) is 0 Å². The summed E-state index contributed by atoms with van der Waals surface area (Å²) in [5.41, 5.74) is 2.65. The largest absolute Gasteiger partial charge is 0.253 e. The molecule has 2 nitrogen and oxygen atoms in total. The summed E-state index contributed by atoms with van der Waals surface area (Å²) in [6.45, 7) is 5.92. The zero-order chi connectivity index (χ0) is 10.6. The van der Waals surface area contributed by atoms with Crippen molar-refractivity contribution in [2.45, 2.75) is 20.8 Å². The quantitative estimate of drug-likeness (QED) is 0.661. The molecule has 0 aliphatic carbocycles. The van der Waals surface area contributed by atoms with Gasteiger partial charge in [0.2, 0.25) is 0 Å². The van der Waals surface area contributed by atoms with E-state index in [-0.39, 0.29) is 0 Å². The zero-order valence-electron chi connectivity index (χ0n) is 8.58. The molecule has 0 aliphatic heterocycles. The van der Waals surface area contributed by atoms with E-state index < -0.39 is 0 Å². The second-order valence-corrected chi connectivity index (χ2v) is 3.08. The maximum atomic E-state index is 5.79. The van der Waals surface area contributed by atoms with Gasteiger partial charge in [0, 0.05) is 11.2 Å². The Balaban J connectivity index is 0.000000461. The van der Waals surface area contributed by atoms with Crippen LogP contribution in [0, 0.1) is 6.92 Å². The molecule has 3 heteroatoms. The predicted octanol–water partition coefficient (Wildman–Crippen LogP) is 3.62. The maximum Gasteiger partial charge on any atom is 0.0901 e. The van der Waals surface area contributed by atoms with Gasteiger partial charge in [-0.3, -0.25) is 4.98 Å². The molecule has 0 spiro atoms. The number of nitrogens with zero attached hydrogens (tertiary/aromatic N) is 2. The Labute approximate surface area is 89.0 Å². The molecule has 0 atom stereocenters. The van der Waals surface area contributed by atoms with Crippen molar-refractivity contribution in [2.24, 2.45) is 0 Å². The topological polar surface area (TPSA) is 25.8 Å². The van der Waals surface area contributed by atoms with Gasteiger partial charge in [-0.1, -0.05) is 25.4 Å². The minimum Gasteiger partial charge on any atom is -0.253 e. The molecule has 0 radical (unpaired) electrons. The normalized spacial score (nSPS) is 9.43. The molecule has 2 rings (SSSR count). The number of aryl methyl sites for hydroxylation is 1. The van der Waals surface area contributed by atoms with Gasteiger partial charge in [-0.25, -0.2) is 4.98 Å². The van der Waals surface area contributed by atoms with Gasteiger partial charge in [0.15, 0.2) is 0 Å². The molecule has 74 valence electrons. The van der Waals surface area contributed by atoms with E-state index in [4.69, 9.17) is 11.6 Å². The average molecular weight is 209 g/mol. The summed E-state index contributed by atoms with van der Waals surface area (Å²) in [5, 5.41) is 0.695. The van der Waals surface area contributed by atoms with Crippen LogP contribution in [0.25, 0.3) is 11.0 Å². The molecule has 1 aromatic carbocycles. The molecule has 0 unspecified atom stereocenters. The van der Waals surface area contributed by atoms with Crippen LogP contribution in [0.2, 0.25) is 5.02 Å². The molecule has 1 aromatic heterocycles. The van der Waals surface area contributed by atoms with Gasteiger partial charge in [-0.05, 0) is 25.1 Å². The van der Waals surface area contributed by atoms with Gasteiger partial charge in [-0.2, -0.15) is 0 Å². The molecule has 0 N–H and O–H groups in total. The predicted molar refractivity (Wildman–Crippen MR) is 60.6 cm³/mol. The number of aromatic nitrogens is 2. The highest BCUT2D eigenvalue weighted by molar-refractivity contribution is 6.31. The lowest BCUT2D eigenvalue weighted by molar-refractivity contribution is 1.18. The SMILES string of the molecule is CC.Cc1cnc2cc(Cl)ccc2n1. The Hall–Kier alpha value is -1.15. The highest BCUT2D eigenvalue weighted by Gasteiger charge is 1.96. The highest BCUT2D eigenvalue weighted by Crippen LogP contribution is 2.15. The van der Waals surface area contributed by atoms with Crippen LogP contribution in [0.4, 0.5) is 0 Å². The van der Waals surface area contributed by atoms with E-state index in [9.17, 15) is 0 Å². The molecule has 2 aromatic rings. The molecule has 14 heavy (non-hydrogen) atoms. The molecule has 0 aliphatic rings. The fourth-order valence-corrected chi connectivity index (χ4v) is 1.24. The third-order valence-electron chi connectivity index (χ3n) is 1.62. The molecule has 0 bridgehead atoms. The van der Waals surface area contributed by atoms with Crippen molar-refractivity contribution in [3.05, 3.63) is 35.1 Å². The van der Waals surface area contributed by atoms with Crippen LogP contribution in [0.5, 0.6) is 0 Å². The summed E-state index contributed by atoms with van der Waals surface area (Å²) in [7, 11) is 0. The fourth-order valence-electron chi connectivity index (χ4n) is 1.08. The van der Waals surface area contributed by atoms with Crippen molar-refractivity contribution in [1.82, 2.24) is 9.97 Å². The lowest BCUT2D eigenvalue weighted by Crippen LogP contribution is -1.85. The minimum absolute atomic E-state index is 0.695. The standard InChI is InChI=1S/C9H7ClN2.C2H6/c1-6-5-11-9-4-7(10)2-3-8(9)12-6;1-2/h2-5H,1H3;1-2H3. The number of benzene rings is 1. The Morgan fingerprint density at radius 1 is 1.14 bits per heavy atom. The van der Waals surface area contributed by atoms with Gasteiger partial charge < -0.3 is 0 Å². The molecule has 0 saturated heterocycles. The van der Waals surface area contributed by atoms with Gasteiger partial charge in [0.1, 0.15) is 0 Å². The van der Waals surface area contributed by atoms with E-state index in [1.807, 2.05) is 39.0 Å². The van der Waals surface area contributed by atoms with Crippen molar-refractivity contribution >= 4 is 22.6 Å². The molecule has 0 fully saturated rings. The first-order valence-corrected chi connectivity index (χ1v) is 5.02. The summed E-state index contributed by atoms with van der Waals surface area (Å²) >= 11 is 5.79. The summed E-state index contributed by atoms with van der Waals surface area (Å²) in [5.74, 6) is 0. The summed E-state index contributed by atoms with van der Waals surface area (Å²) in [6.07, 6.45) is 1.73. The van der Waals surface area contributed by atoms with Gasteiger partial charge in [0.05, 0.1) is 16.7 Å². The van der Waals surface area contributed by atoms with E-state index in [0.717, 1.165) is 16.7 Å². The average Bonchev–Trinajstić information content (AvgIpc) is 2.21. The van der Waals surface area contributed by atoms with Crippen LogP contribution in [-0.4, -0.2) is 9.97 Å². The number of halogens is 1. The van der Waals surface area contributed by atoms with Crippen LogP contribution < -0.4 is 0 Å². The first kappa shape index (κ1) is 10.9. The lowest BCUT2D eigenvalue weighted by Gasteiger charge is -1.97. The molecule has 0 amide bonds. The Bertz CT molecular complexity index is 385.